The Morgan fingerprint density at radius 3 is 2.83 bits per heavy atom. The van der Waals surface area contributed by atoms with Gasteiger partial charge in [-0.05, 0) is 32.4 Å². The number of halogens is 4. The van der Waals surface area contributed by atoms with Gasteiger partial charge in [0.2, 0.25) is 5.82 Å². The molecule has 156 valence electrons. The van der Waals surface area contributed by atoms with Crippen molar-refractivity contribution in [3.8, 4) is 5.75 Å². The van der Waals surface area contributed by atoms with Crippen LogP contribution in [0, 0.1) is 18.6 Å². The van der Waals surface area contributed by atoms with Crippen molar-refractivity contribution in [3.05, 3.63) is 44.7 Å². The van der Waals surface area contributed by atoms with E-state index in [1.165, 1.54) is 11.0 Å². The number of H-pyrrole nitrogens is 1. The fourth-order valence-electron chi connectivity index (χ4n) is 3.16. The quantitative estimate of drug-likeness (QED) is 0.629. The molecule has 0 aliphatic carbocycles. The number of likely N-dealkylation sites (tertiary alicyclic amines) is 1. The summed E-state index contributed by atoms with van der Waals surface area (Å²) in [5.41, 5.74) is 0.680. The number of aromatic amines is 1. The minimum Gasteiger partial charge on any atom is -0.481 e. The van der Waals surface area contributed by atoms with Crippen LogP contribution < -0.4 is 10.1 Å². The van der Waals surface area contributed by atoms with Gasteiger partial charge in [0.25, 0.3) is 11.8 Å². The van der Waals surface area contributed by atoms with Crippen LogP contribution in [-0.4, -0.2) is 52.1 Å². The van der Waals surface area contributed by atoms with Crippen LogP contribution >= 0.6 is 27.5 Å². The molecule has 2 aromatic rings. The minimum atomic E-state index is -1.16. The Kier molecular flexibility index (Phi) is 6.42. The number of rotatable bonds is 5. The standard InChI is InChI=1S/C18H18BrClF2N4O3/c1-8-3-11(23-18(28)17-15(20)9(2)24-25-17)6-26(8)14(27)7-29-13-5-10(19)4-12(21)16(13)22/h4-5,8,11H,3,6-7H2,1-2H3,(H,23,28)(H,24,25). The molecule has 2 amide bonds. The number of hydrogen-bond acceptors (Lipinski definition) is 4. The largest absolute Gasteiger partial charge is 0.481 e. The molecular weight excluding hydrogens is 474 g/mol. The van der Waals surface area contributed by atoms with E-state index in [1.807, 2.05) is 6.92 Å². The maximum absolute atomic E-state index is 13.8. The number of ether oxygens (including phenoxy) is 1. The van der Waals surface area contributed by atoms with Crippen molar-refractivity contribution in [1.82, 2.24) is 20.4 Å². The fraction of sp³-hybridized carbons (Fsp3) is 0.389. The average Bonchev–Trinajstić information content (AvgIpc) is 3.19. The first-order valence-electron chi connectivity index (χ1n) is 8.75. The van der Waals surface area contributed by atoms with E-state index in [4.69, 9.17) is 16.3 Å². The Bertz CT molecular complexity index is 955. The molecule has 2 heterocycles. The molecule has 1 aliphatic heterocycles. The maximum atomic E-state index is 13.8. The lowest BCUT2D eigenvalue weighted by Crippen LogP contribution is -2.41. The topological polar surface area (TPSA) is 87.3 Å². The molecule has 7 nitrogen and oxygen atoms in total. The lowest BCUT2D eigenvalue weighted by Gasteiger charge is -2.21. The molecular formula is C18H18BrClF2N4O3. The summed E-state index contributed by atoms with van der Waals surface area (Å²) in [5, 5.41) is 9.57. The molecule has 1 fully saturated rings. The second-order valence-corrected chi connectivity index (χ2v) is 8.09. The summed E-state index contributed by atoms with van der Waals surface area (Å²) in [6, 6.07) is 1.75. The van der Waals surface area contributed by atoms with Crippen molar-refractivity contribution in [2.75, 3.05) is 13.2 Å². The van der Waals surface area contributed by atoms with Crippen molar-refractivity contribution in [3.63, 3.8) is 0 Å². The van der Waals surface area contributed by atoms with E-state index in [9.17, 15) is 18.4 Å². The van der Waals surface area contributed by atoms with E-state index in [0.29, 0.717) is 16.6 Å². The van der Waals surface area contributed by atoms with Crippen LogP contribution in [-0.2, 0) is 4.79 Å². The van der Waals surface area contributed by atoms with Crippen LogP contribution in [0.5, 0.6) is 5.75 Å². The van der Waals surface area contributed by atoms with Crippen LogP contribution in [0.2, 0.25) is 5.02 Å². The zero-order valence-corrected chi connectivity index (χ0v) is 17.9. The smallest absolute Gasteiger partial charge is 0.273 e. The third-order valence-electron chi connectivity index (χ3n) is 4.63. The van der Waals surface area contributed by atoms with E-state index < -0.39 is 30.1 Å². The first-order valence-corrected chi connectivity index (χ1v) is 9.92. The summed E-state index contributed by atoms with van der Waals surface area (Å²) in [7, 11) is 0. The molecule has 11 heteroatoms. The highest BCUT2D eigenvalue weighted by molar-refractivity contribution is 9.10. The second kappa shape index (κ2) is 8.66. The maximum Gasteiger partial charge on any atom is 0.273 e. The highest BCUT2D eigenvalue weighted by atomic mass is 79.9. The predicted octanol–water partition coefficient (Wildman–Crippen LogP) is 3.21. The fourth-order valence-corrected chi connectivity index (χ4v) is 3.74. The van der Waals surface area contributed by atoms with Gasteiger partial charge < -0.3 is 15.0 Å². The summed E-state index contributed by atoms with van der Waals surface area (Å²) in [6.45, 7) is 3.33. The average molecular weight is 492 g/mol. The third kappa shape index (κ3) is 4.69. The molecule has 0 spiro atoms. The number of carbonyl (C=O) groups excluding carboxylic acids is 2. The Hall–Kier alpha value is -2.20. The number of amides is 2. The summed E-state index contributed by atoms with van der Waals surface area (Å²) in [5.74, 6) is -3.43. The van der Waals surface area contributed by atoms with Crippen LogP contribution in [0.4, 0.5) is 8.78 Å². The Balaban J connectivity index is 1.58. The molecule has 2 atom stereocenters. The van der Waals surface area contributed by atoms with Crippen molar-refractivity contribution in [1.29, 1.82) is 0 Å². The first-order chi connectivity index (χ1) is 13.7. The number of nitrogens with zero attached hydrogens (tertiary/aromatic N) is 2. The van der Waals surface area contributed by atoms with Crippen LogP contribution in [0.3, 0.4) is 0 Å². The zero-order valence-electron chi connectivity index (χ0n) is 15.6. The van der Waals surface area contributed by atoms with E-state index in [-0.39, 0.29) is 35.1 Å². The molecule has 0 saturated carbocycles. The lowest BCUT2D eigenvalue weighted by atomic mass is 10.2. The molecule has 1 aromatic carbocycles. The molecule has 2 N–H and O–H groups in total. The number of benzene rings is 1. The van der Waals surface area contributed by atoms with Crippen molar-refractivity contribution < 1.29 is 23.1 Å². The SMILES string of the molecule is Cc1[nH]nc(C(=O)NC2CC(C)N(C(=O)COc3cc(Br)cc(F)c3F)C2)c1Cl. The Morgan fingerprint density at radius 2 is 2.17 bits per heavy atom. The number of nitrogens with one attached hydrogen (secondary N) is 2. The van der Waals surface area contributed by atoms with Gasteiger partial charge in [0.05, 0.1) is 10.7 Å². The van der Waals surface area contributed by atoms with E-state index in [1.54, 1.807) is 6.92 Å². The van der Waals surface area contributed by atoms with Gasteiger partial charge in [-0.3, -0.25) is 14.7 Å². The van der Waals surface area contributed by atoms with Crippen molar-refractivity contribution in [2.24, 2.45) is 0 Å². The first kappa shape index (κ1) is 21.5. The number of carbonyl (C=O) groups is 2. The normalized spacial score (nSPS) is 18.8. The third-order valence-corrected chi connectivity index (χ3v) is 5.55. The molecule has 2 unspecified atom stereocenters. The van der Waals surface area contributed by atoms with Crippen LogP contribution in [0.15, 0.2) is 16.6 Å². The highest BCUT2D eigenvalue weighted by Crippen LogP contribution is 2.26. The molecule has 1 saturated heterocycles. The zero-order chi connectivity index (χ0) is 21.3. The summed E-state index contributed by atoms with van der Waals surface area (Å²) in [4.78, 5) is 26.4. The Morgan fingerprint density at radius 1 is 1.45 bits per heavy atom. The van der Waals surface area contributed by atoms with Gasteiger partial charge in [0, 0.05) is 23.1 Å². The van der Waals surface area contributed by atoms with Gasteiger partial charge in [0.1, 0.15) is 0 Å². The van der Waals surface area contributed by atoms with Crippen LogP contribution in [0.25, 0.3) is 0 Å². The molecule has 1 aromatic heterocycles. The van der Waals surface area contributed by atoms with Crippen molar-refractivity contribution >= 4 is 39.3 Å². The van der Waals surface area contributed by atoms with Gasteiger partial charge in [-0.25, -0.2) is 4.39 Å². The van der Waals surface area contributed by atoms with Crippen LogP contribution in [0.1, 0.15) is 29.5 Å². The summed E-state index contributed by atoms with van der Waals surface area (Å²) >= 11 is 9.08. The van der Waals surface area contributed by atoms with E-state index >= 15 is 0 Å². The Labute approximate surface area is 178 Å². The monoisotopic (exact) mass is 490 g/mol. The van der Waals surface area contributed by atoms with E-state index in [0.717, 1.165) is 6.07 Å². The van der Waals surface area contributed by atoms with Gasteiger partial charge in [-0.15, -0.1) is 0 Å². The second-order valence-electron chi connectivity index (χ2n) is 6.80. The number of aromatic nitrogens is 2. The summed E-state index contributed by atoms with van der Waals surface area (Å²) in [6.07, 6.45) is 0.526. The minimum absolute atomic E-state index is 0.0945. The molecule has 1 aliphatic rings. The molecule has 0 radical (unpaired) electrons. The number of aryl methyl sites for hydroxylation is 1. The number of hydrogen-bond donors (Lipinski definition) is 2. The van der Waals surface area contributed by atoms with Gasteiger partial charge in [0.15, 0.2) is 23.9 Å². The predicted molar refractivity (Wildman–Crippen MR) is 105 cm³/mol. The van der Waals surface area contributed by atoms with Crippen molar-refractivity contribution in [2.45, 2.75) is 32.4 Å². The van der Waals surface area contributed by atoms with Gasteiger partial charge >= 0.3 is 0 Å². The summed E-state index contributed by atoms with van der Waals surface area (Å²) < 4.78 is 32.7. The highest BCUT2D eigenvalue weighted by Gasteiger charge is 2.34. The lowest BCUT2D eigenvalue weighted by molar-refractivity contribution is -0.134. The van der Waals surface area contributed by atoms with Gasteiger partial charge in [-0.2, -0.15) is 9.49 Å². The molecule has 0 bridgehead atoms. The van der Waals surface area contributed by atoms with E-state index in [2.05, 4.69) is 31.4 Å². The molecule has 3 rings (SSSR count). The van der Waals surface area contributed by atoms with Gasteiger partial charge in [-0.1, -0.05) is 27.5 Å². The molecule has 29 heavy (non-hydrogen) atoms.